The van der Waals surface area contributed by atoms with Crippen LogP contribution in [0.25, 0.3) is 0 Å². The van der Waals surface area contributed by atoms with E-state index in [2.05, 4.69) is 20.3 Å². The second-order valence-electron chi connectivity index (χ2n) is 4.36. The minimum atomic E-state index is -1.38. The van der Waals surface area contributed by atoms with Gasteiger partial charge in [-0.05, 0) is 42.8 Å². The van der Waals surface area contributed by atoms with E-state index in [1.54, 1.807) is 6.07 Å². The summed E-state index contributed by atoms with van der Waals surface area (Å²) in [7, 11) is -1.38. The van der Waals surface area contributed by atoms with Crippen LogP contribution >= 0.6 is 27.5 Å². The molecule has 1 aromatic carbocycles. The lowest BCUT2D eigenvalue weighted by Crippen LogP contribution is -2.19. The van der Waals surface area contributed by atoms with E-state index in [0.717, 1.165) is 0 Å². The molecule has 0 radical (unpaired) electrons. The Balaban J connectivity index is 3.02. The predicted octanol–water partition coefficient (Wildman–Crippen LogP) is 4.12. The van der Waals surface area contributed by atoms with Crippen molar-refractivity contribution < 1.29 is 8.60 Å². The molecule has 0 bridgehead atoms. The van der Waals surface area contributed by atoms with Crippen LogP contribution < -0.4 is 0 Å². The van der Waals surface area contributed by atoms with Gasteiger partial charge >= 0.3 is 0 Å². The molecule has 1 aromatic rings. The summed E-state index contributed by atoms with van der Waals surface area (Å²) in [5.41, 5.74) is 0.407. The van der Waals surface area contributed by atoms with E-state index in [-0.39, 0.29) is 9.50 Å². The first kappa shape index (κ1) is 14.8. The average Bonchev–Trinajstić information content (AvgIpc) is 2.23. The Bertz CT molecular complexity index is 485. The van der Waals surface area contributed by atoms with Crippen LogP contribution in [0.15, 0.2) is 21.0 Å². The molecule has 0 fully saturated rings. The fourth-order valence-electron chi connectivity index (χ4n) is 0.903. The summed E-state index contributed by atoms with van der Waals surface area (Å²) in [5, 5.41) is -0.0333. The highest BCUT2D eigenvalue weighted by Crippen LogP contribution is 2.26. The third-order valence-electron chi connectivity index (χ3n) is 1.88. The van der Waals surface area contributed by atoms with E-state index in [1.807, 2.05) is 20.8 Å². The highest BCUT2D eigenvalue weighted by molar-refractivity contribution is 9.10. The maximum Gasteiger partial charge on any atom is 0.156 e. The molecule has 0 aliphatic carbocycles. The van der Waals surface area contributed by atoms with Gasteiger partial charge in [-0.2, -0.15) is 4.40 Å². The number of hydrogen-bond acceptors (Lipinski definition) is 1. The number of benzene rings is 1. The van der Waals surface area contributed by atoms with Gasteiger partial charge in [-0.15, -0.1) is 0 Å². The standard InChI is InChI=1S/C11H12BrClFNOS/c1-11(2,3)17(16)15-6-7-4-5-8(12)10(14)9(7)13/h4-6H,1-3H3/t17-/m1/s1. The van der Waals surface area contributed by atoms with Crippen molar-refractivity contribution in [2.45, 2.75) is 25.5 Å². The molecule has 0 aliphatic rings. The normalized spacial score (nSPS) is 14.2. The van der Waals surface area contributed by atoms with Crippen molar-refractivity contribution in [3.8, 4) is 0 Å². The lowest BCUT2D eigenvalue weighted by atomic mass is 10.2. The molecule has 17 heavy (non-hydrogen) atoms. The summed E-state index contributed by atoms with van der Waals surface area (Å²) in [6, 6.07) is 3.14. The topological polar surface area (TPSA) is 29.4 Å². The van der Waals surface area contributed by atoms with E-state index in [0.29, 0.717) is 5.56 Å². The van der Waals surface area contributed by atoms with Crippen LogP contribution in [-0.4, -0.2) is 15.2 Å². The molecule has 0 N–H and O–H groups in total. The largest absolute Gasteiger partial charge is 0.234 e. The van der Waals surface area contributed by atoms with Crippen LogP contribution in [0.3, 0.4) is 0 Å². The first-order valence-electron chi connectivity index (χ1n) is 4.83. The van der Waals surface area contributed by atoms with Gasteiger partial charge in [0.25, 0.3) is 0 Å². The molecule has 0 unspecified atom stereocenters. The highest BCUT2D eigenvalue weighted by Gasteiger charge is 2.18. The van der Waals surface area contributed by atoms with E-state index in [1.165, 1.54) is 12.3 Å². The molecule has 1 atom stereocenters. The molecular formula is C11H12BrClFNOS. The monoisotopic (exact) mass is 339 g/mol. The summed E-state index contributed by atoms with van der Waals surface area (Å²) in [6.45, 7) is 5.43. The van der Waals surface area contributed by atoms with Gasteiger partial charge < -0.3 is 0 Å². The Labute approximate surface area is 116 Å². The molecule has 0 amide bonds. The third kappa shape index (κ3) is 3.86. The summed E-state index contributed by atoms with van der Waals surface area (Å²) >= 11 is 8.83. The molecule has 1 rings (SSSR count). The van der Waals surface area contributed by atoms with E-state index >= 15 is 0 Å². The van der Waals surface area contributed by atoms with Crippen molar-refractivity contribution in [2.75, 3.05) is 0 Å². The van der Waals surface area contributed by atoms with Crippen LogP contribution in [0.1, 0.15) is 26.3 Å². The van der Waals surface area contributed by atoms with Crippen molar-refractivity contribution in [2.24, 2.45) is 4.40 Å². The molecule has 0 aliphatic heterocycles. The zero-order valence-electron chi connectivity index (χ0n) is 9.63. The van der Waals surface area contributed by atoms with Gasteiger partial charge in [0.2, 0.25) is 0 Å². The first-order valence-corrected chi connectivity index (χ1v) is 7.11. The first-order chi connectivity index (χ1) is 7.73. The molecular weight excluding hydrogens is 329 g/mol. The smallest absolute Gasteiger partial charge is 0.156 e. The molecule has 0 heterocycles. The second kappa shape index (κ2) is 5.59. The molecule has 2 nitrogen and oxygen atoms in total. The Hall–Kier alpha value is -0.260. The van der Waals surface area contributed by atoms with Gasteiger partial charge in [0.05, 0.1) is 14.2 Å². The summed E-state index contributed by atoms with van der Waals surface area (Å²) in [5.74, 6) is -0.544. The number of nitrogens with zero attached hydrogens (tertiary/aromatic N) is 1. The Morgan fingerprint density at radius 2 is 2.06 bits per heavy atom. The number of halogens is 3. The van der Waals surface area contributed by atoms with Gasteiger partial charge in [-0.3, -0.25) is 0 Å². The number of hydrogen-bond donors (Lipinski definition) is 0. The van der Waals surface area contributed by atoms with E-state index < -0.39 is 21.5 Å². The fourth-order valence-corrected chi connectivity index (χ4v) is 2.09. The average molecular weight is 341 g/mol. The van der Waals surface area contributed by atoms with Crippen molar-refractivity contribution in [1.82, 2.24) is 0 Å². The van der Waals surface area contributed by atoms with E-state index in [4.69, 9.17) is 11.6 Å². The summed E-state index contributed by atoms with van der Waals surface area (Å²) in [4.78, 5) is 0. The lowest BCUT2D eigenvalue weighted by molar-refractivity contribution is 0.621. The molecule has 6 heteroatoms. The molecule has 0 aromatic heterocycles. The van der Waals surface area contributed by atoms with Gasteiger partial charge in [-0.1, -0.05) is 17.7 Å². The van der Waals surface area contributed by atoms with Crippen LogP contribution in [0.4, 0.5) is 4.39 Å². The number of rotatable bonds is 2. The van der Waals surface area contributed by atoms with Crippen molar-refractivity contribution in [3.63, 3.8) is 0 Å². The zero-order chi connectivity index (χ0) is 13.2. The van der Waals surface area contributed by atoms with Crippen LogP contribution in [0.2, 0.25) is 5.02 Å². The van der Waals surface area contributed by atoms with Gasteiger partial charge in [0.15, 0.2) is 5.82 Å². The maximum atomic E-state index is 13.4. The van der Waals surface area contributed by atoms with Crippen molar-refractivity contribution >= 4 is 44.7 Å². The molecule has 0 spiro atoms. The van der Waals surface area contributed by atoms with Crippen molar-refractivity contribution in [1.29, 1.82) is 0 Å². The van der Waals surface area contributed by atoms with E-state index in [9.17, 15) is 8.60 Å². The van der Waals surface area contributed by atoms with Crippen LogP contribution in [-0.2, 0) is 11.0 Å². The second-order valence-corrected chi connectivity index (χ2v) is 7.53. The Morgan fingerprint density at radius 1 is 1.47 bits per heavy atom. The van der Waals surface area contributed by atoms with Gasteiger partial charge in [0.1, 0.15) is 11.0 Å². The molecule has 0 saturated carbocycles. The Kier molecular flexibility index (Phi) is 4.86. The molecule has 0 saturated heterocycles. The van der Waals surface area contributed by atoms with Crippen LogP contribution in [0.5, 0.6) is 0 Å². The molecule has 94 valence electrons. The zero-order valence-corrected chi connectivity index (χ0v) is 12.8. The summed E-state index contributed by atoms with van der Waals surface area (Å²) < 4.78 is 28.8. The Morgan fingerprint density at radius 3 is 2.59 bits per heavy atom. The summed E-state index contributed by atoms with van der Waals surface area (Å²) in [6.07, 6.45) is 1.33. The maximum absolute atomic E-state index is 13.4. The highest BCUT2D eigenvalue weighted by atomic mass is 79.9. The van der Waals surface area contributed by atoms with Gasteiger partial charge in [0, 0.05) is 11.8 Å². The fraction of sp³-hybridized carbons (Fsp3) is 0.364. The van der Waals surface area contributed by atoms with Gasteiger partial charge in [-0.25, -0.2) is 8.60 Å². The third-order valence-corrected chi connectivity index (χ3v) is 4.22. The SMILES string of the molecule is CC(C)(C)[S@@](=O)N=Cc1ccc(Br)c(F)c1Cl. The quantitative estimate of drug-likeness (QED) is 0.588. The predicted molar refractivity (Wildman–Crippen MR) is 74.6 cm³/mol. The van der Waals surface area contributed by atoms with Crippen molar-refractivity contribution in [3.05, 3.63) is 33.0 Å². The minimum Gasteiger partial charge on any atom is -0.234 e. The minimum absolute atomic E-state index is 0.0333. The lowest BCUT2D eigenvalue weighted by Gasteiger charge is -2.12. The van der Waals surface area contributed by atoms with Crippen LogP contribution in [0, 0.1) is 5.82 Å².